The van der Waals surface area contributed by atoms with E-state index in [2.05, 4.69) is 40.1 Å². The molecule has 0 amide bonds. The van der Waals surface area contributed by atoms with Gasteiger partial charge in [-0.25, -0.2) is 0 Å². The van der Waals surface area contributed by atoms with E-state index in [0.29, 0.717) is 12.5 Å². The van der Waals surface area contributed by atoms with Gasteiger partial charge in [0, 0.05) is 25.7 Å². The third-order valence-electron chi connectivity index (χ3n) is 4.90. The van der Waals surface area contributed by atoms with Crippen molar-refractivity contribution in [2.24, 2.45) is 5.92 Å². The average Bonchev–Trinajstić information content (AvgIpc) is 2.98. The van der Waals surface area contributed by atoms with Gasteiger partial charge in [-0.1, -0.05) is 30.3 Å². The monoisotopic (exact) mass is 274 g/mol. The number of hydrogen-bond acceptors (Lipinski definition) is 3. The van der Waals surface area contributed by atoms with E-state index in [9.17, 15) is 5.11 Å². The lowest BCUT2D eigenvalue weighted by Gasteiger charge is -2.36. The SMILES string of the molecule is OC[C@H]1CCN(C2CCN(Cc3ccccc3)CC2)C1. The van der Waals surface area contributed by atoms with Crippen LogP contribution in [0.4, 0.5) is 0 Å². The molecular formula is C17H26N2O. The van der Waals surface area contributed by atoms with Crippen LogP contribution in [0.3, 0.4) is 0 Å². The molecule has 2 saturated heterocycles. The van der Waals surface area contributed by atoms with Crippen LogP contribution in [0.1, 0.15) is 24.8 Å². The second-order valence-electron chi connectivity index (χ2n) is 6.33. The van der Waals surface area contributed by atoms with Gasteiger partial charge in [-0.05, 0) is 50.4 Å². The molecule has 110 valence electrons. The summed E-state index contributed by atoms with van der Waals surface area (Å²) in [7, 11) is 0. The summed E-state index contributed by atoms with van der Waals surface area (Å²) < 4.78 is 0. The van der Waals surface area contributed by atoms with Crippen molar-refractivity contribution < 1.29 is 5.11 Å². The Balaban J connectivity index is 1.45. The van der Waals surface area contributed by atoms with Crippen LogP contribution < -0.4 is 0 Å². The lowest BCUT2D eigenvalue weighted by atomic mass is 10.0. The Morgan fingerprint density at radius 1 is 1.00 bits per heavy atom. The molecule has 2 fully saturated rings. The fourth-order valence-electron chi connectivity index (χ4n) is 3.63. The molecule has 0 spiro atoms. The van der Waals surface area contributed by atoms with Gasteiger partial charge >= 0.3 is 0 Å². The largest absolute Gasteiger partial charge is 0.396 e. The van der Waals surface area contributed by atoms with Gasteiger partial charge in [0.1, 0.15) is 0 Å². The van der Waals surface area contributed by atoms with E-state index >= 15 is 0 Å². The number of likely N-dealkylation sites (tertiary alicyclic amines) is 2. The van der Waals surface area contributed by atoms with Crippen molar-refractivity contribution >= 4 is 0 Å². The number of aliphatic hydroxyl groups excluding tert-OH is 1. The molecule has 0 bridgehead atoms. The van der Waals surface area contributed by atoms with Crippen LogP contribution in [0.25, 0.3) is 0 Å². The first-order valence-corrected chi connectivity index (χ1v) is 7.96. The van der Waals surface area contributed by atoms with E-state index < -0.39 is 0 Å². The maximum absolute atomic E-state index is 9.25. The Labute approximate surface area is 122 Å². The predicted octanol–water partition coefficient (Wildman–Crippen LogP) is 1.97. The third-order valence-corrected chi connectivity index (χ3v) is 4.90. The summed E-state index contributed by atoms with van der Waals surface area (Å²) in [5.74, 6) is 0.525. The van der Waals surface area contributed by atoms with Crippen LogP contribution in [0.5, 0.6) is 0 Å². The topological polar surface area (TPSA) is 26.7 Å². The number of aliphatic hydroxyl groups is 1. The first kappa shape index (κ1) is 14.1. The Hall–Kier alpha value is -0.900. The molecule has 0 aliphatic carbocycles. The van der Waals surface area contributed by atoms with Crippen molar-refractivity contribution in [2.75, 3.05) is 32.8 Å². The molecule has 2 aliphatic heterocycles. The summed E-state index contributed by atoms with van der Waals surface area (Å²) in [5.41, 5.74) is 1.42. The summed E-state index contributed by atoms with van der Waals surface area (Å²) >= 11 is 0. The van der Waals surface area contributed by atoms with Crippen LogP contribution in [-0.4, -0.2) is 53.7 Å². The molecule has 1 atom stereocenters. The van der Waals surface area contributed by atoms with Gasteiger partial charge in [0.25, 0.3) is 0 Å². The van der Waals surface area contributed by atoms with Crippen molar-refractivity contribution in [2.45, 2.75) is 31.8 Å². The first-order chi connectivity index (χ1) is 9.85. The highest BCUT2D eigenvalue weighted by Crippen LogP contribution is 2.24. The van der Waals surface area contributed by atoms with Crippen molar-refractivity contribution in [1.29, 1.82) is 0 Å². The Morgan fingerprint density at radius 3 is 2.40 bits per heavy atom. The smallest absolute Gasteiger partial charge is 0.0471 e. The predicted molar refractivity (Wildman–Crippen MR) is 81.5 cm³/mol. The highest BCUT2D eigenvalue weighted by molar-refractivity contribution is 5.14. The first-order valence-electron chi connectivity index (χ1n) is 7.96. The van der Waals surface area contributed by atoms with Gasteiger partial charge in [-0.3, -0.25) is 9.80 Å². The summed E-state index contributed by atoms with van der Waals surface area (Å²) in [6.07, 6.45) is 3.75. The summed E-state index contributed by atoms with van der Waals surface area (Å²) in [6, 6.07) is 11.5. The van der Waals surface area contributed by atoms with Gasteiger partial charge in [0.15, 0.2) is 0 Å². The fourth-order valence-corrected chi connectivity index (χ4v) is 3.63. The Morgan fingerprint density at radius 2 is 1.75 bits per heavy atom. The molecule has 0 aromatic heterocycles. The molecular weight excluding hydrogens is 248 g/mol. The van der Waals surface area contributed by atoms with Crippen molar-refractivity contribution in [3.05, 3.63) is 35.9 Å². The maximum Gasteiger partial charge on any atom is 0.0471 e. The quantitative estimate of drug-likeness (QED) is 0.909. The number of hydrogen-bond donors (Lipinski definition) is 1. The normalized spacial score (nSPS) is 26.1. The minimum Gasteiger partial charge on any atom is -0.396 e. The highest BCUT2D eigenvalue weighted by atomic mass is 16.3. The van der Waals surface area contributed by atoms with Gasteiger partial charge in [-0.2, -0.15) is 0 Å². The van der Waals surface area contributed by atoms with E-state index in [0.717, 1.165) is 19.1 Å². The molecule has 0 unspecified atom stereocenters. The minimum atomic E-state index is 0.364. The Bertz CT molecular complexity index is 401. The molecule has 1 aromatic rings. The standard InChI is InChI=1S/C17H26N2O/c20-14-16-6-11-19(13-16)17-7-9-18(10-8-17)12-15-4-2-1-3-5-15/h1-5,16-17,20H,6-14H2/t16-/m0/s1. The summed E-state index contributed by atoms with van der Waals surface area (Å²) in [5, 5.41) is 9.25. The molecule has 0 saturated carbocycles. The van der Waals surface area contributed by atoms with Gasteiger partial charge < -0.3 is 5.11 Å². The molecule has 2 aliphatic rings. The molecule has 2 heterocycles. The molecule has 1 aromatic carbocycles. The molecule has 3 nitrogen and oxygen atoms in total. The number of nitrogens with zero attached hydrogens (tertiary/aromatic N) is 2. The van der Waals surface area contributed by atoms with Crippen molar-refractivity contribution in [3.63, 3.8) is 0 Å². The van der Waals surface area contributed by atoms with Crippen LogP contribution in [0.15, 0.2) is 30.3 Å². The number of benzene rings is 1. The molecule has 3 rings (SSSR count). The van der Waals surface area contributed by atoms with Gasteiger partial charge in [-0.15, -0.1) is 0 Å². The van der Waals surface area contributed by atoms with Crippen LogP contribution >= 0.6 is 0 Å². The molecule has 1 N–H and O–H groups in total. The third kappa shape index (κ3) is 3.40. The summed E-state index contributed by atoms with van der Waals surface area (Å²) in [6.45, 7) is 6.17. The average molecular weight is 274 g/mol. The minimum absolute atomic E-state index is 0.364. The Kier molecular flexibility index (Phi) is 4.71. The summed E-state index contributed by atoms with van der Waals surface area (Å²) in [4.78, 5) is 5.19. The van der Waals surface area contributed by atoms with E-state index in [1.807, 2.05) is 0 Å². The molecule has 20 heavy (non-hydrogen) atoms. The number of piperidine rings is 1. The maximum atomic E-state index is 9.25. The van der Waals surface area contributed by atoms with Crippen molar-refractivity contribution in [3.8, 4) is 0 Å². The van der Waals surface area contributed by atoms with E-state index in [1.54, 1.807) is 0 Å². The zero-order chi connectivity index (χ0) is 13.8. The lowest BCUT2D eigenvalue weighted by molar-refractivity contribution is 0.115. The van der Waals surface area contributed by atoms with E-state index in [1.165, 1.54) is 44.5 Å². The van der Waals surface area contributed by atoms with E-state index in [-0.39, 0.29) is 0 Å². The highest BCUT2D eigenvalue weighted by Gasteiger charge is 2.30. The van der Waals surface area contributed by atoms with Crippen molar-refractivity contribution in [1.82, 2.24) is 9.80 Å². The second kappa shape index (κ2) is 6.70. The van der Waals surface area contributed by atoms with Crippen LogP contribution in [-0.2, 0) is 6.54 Å². The zero-order valence-electron chi connectivity index (χ0n) is 12.2. The van der Waals surface area contributed by atoms with Crippen LogP contribution in [0, 0.1) is 5.92 Å². The molecule has 0 radical (unpaired) electrons. The fraction of sp³-hybridized carbons (Fsp3) is 0.647. The number of rotatable bonds is 4. The zero-order valence-corrected chi connectivity index (χ0v) is 12.2. The van der Waals surface area contributed by atoms with Gasteiger partial charge in [0.05, 0.1) is 0 Å². The molecule has 3 heteroatoms. The lowest BCUT2D eigenvalue weighted by Crippen LogP contribution is -2.43. The van der Waals surface area contributed by atoms with Gasteiger partial charge in [0.2, 0.25) is 0 Å². The second-order valence-corrected chi connectivity index (χ2v) is 6.33. The van der Waals surface area contributed by atoms with Crippen LogP contribution in [0.2, 0.25) is 0 Å². The van der Waals surface area contributed by atoms with E-state index in [4.69, 9.17) is 0 Å².